The van der Waals surface area contributed by atoms with E-state index in [0.29, 0.717) is 18.7 Å². The summed E-state index contributed by atoms with van der Waals surface area (Å²) >= 11 is 5.63. The highest BCUT2D eigenvalue weighted by Crippen LogP contribution is 2.21. The van der Waals surface area contributed by atoms with E-state index < -0.39 is 5.82 Å². The number of halogens is 2. The van der Waals surface area contributed by atoms with Gasteiger partial charge in [-0.1, -0.05) is 17.7 Å². The predicted octanol–water partition coefficient (Wildman–Crippen LogP) is 2.81. The van der Waals surface area contributed by atoms with Crippen LogP contribution < -0.4 is 10.6 Å². The van der Waals surface area contributed by atoms with Crippen LogP contribution in [0, 0.1) is 5.82 Å². The van der Waals surface area contributed by atoms with Gasteiger partial charge in [0.25, 0.3) is 0 Å². The summed E-state index contributed by atoms with van der Waals surface area (Å²) in [7, 11) is 0. The average Bonchev–Trinajstić information content (AvgIpc) is 2.23. The number of hydrogen-bond donors (Lipinski definition) is 2. The lowest BCUT2D eigenvalue weighted by Gasteiger charge is -2.10. The van der Waals surface area contributed by atoms with Gasteiger partial charge >= 0.3 is 0 Å². The highest BCUT2D eigenvalue weighted by Gasteiger charge is 2.07. The van der Waals surface area contributed by atoms with Gasteiger partial charge in [0, 0.05) is 19.0 Å². The lowest BCUT2D eigenvalue weighted by molar-refractivity contribution is -0.121. The molecule has 5 heteroatoms. The minimum Gasteiger partial charge on any atom is -0.382 e. The first-order chi connectivity index (χ1) is 8.00. The van der Waals surface area contributed by atoms with E-state index in [1.807, 2.05) is 13.8 Å². The van der Waals surface area contributed by atoms with Gasteiger partial charge in [-0.05, 0) is 26.0 Å². The second-order valence-electron chi connectivity index (χ2n) is 4.00. The maximum Gasteiger partial charge on any atom is 0.221 e. The van der Waals surface area contributed by atoms with Gasteiger partial charge in [0.05, 0.1) is 10.7 Å². The van der Waals surface area contributed by atoms with Crippen LogP contribution in [-0.4, -0.2) is 18.5 Å². The van der Waals surface area contributed by atoms with Gasteiger partial charge in [-0.3, -0.25) is 4.79 Å². The van der Waals surface area contributed by atoms with Crippen molar-refractivity contribution < 1.29 is 9.18 Å². The molecule has 1 amide bonds. The van der Waals surface area contributed by atoms with Crippen molar-refractivity contribution in [2.75, 3.05) is 11.9 Å². The molecule has 0 unspecified atom stereocenters. The molecular weight excluding hydrogens is 243 g/mol. The van der Waals surface area contributed by atoms with E-state index in [0.717, 1.165) is 0 Å². The highest BCUT2D eigenvalue weighted by atomic mass is 35.5. The normalized spacial score (nSPS) is 10.4. The first-order valence-corrected chi connectivity index (χ1v) is 5.85. The summed E-state index contributed by atoms with van der Waals surface area (Å²) in [6.07, 6.45) is 0.296. The minimum absolute atomic E-state index is 0.0602. The van der Waals surface area contributed by atoms with Gasteiger partial charge in [-0.15, -0.1) is 0 Å². The van der Waals surface area contributed by atoms with Crippen molar-refractivity contribution in [2.45, 2.75) is 26.3 Å². The Morgan fingerprint density at radius 3 is 2.82 bits per heavy atom. The van der Waals surface area contributed by atoms with Crippen molar-refractivity contribution in [2.24, 2.45) is 0 Å². The smallest absolute Gasteiger partial charge is 0.221 e. The number of carbonyl (C=O) groups excluding carboxylic acids is 1. The maximum atomic E-state index is 13.4. The molecule has 1 aromatic carbocycles. The van der Waals surface area contributed by atoms with Gasteiger partial charge in [0.15, 0.2) is 5.82 Å². The summed E-state index contributed by atoms with van der Waals surface area (Å²) < 4.78 is 13.4. The lowest BCUT2D eigenvalue weighted by atomic mass is 10.3. The molecule has 0 bridgehead atoms. The van der Waals surface area contributed by atoms with Crippen molar-refractivity contribution in [3.63, 3.8) is 0 Å². The molecular formula is C12H16ClFN2O. The van der Waals surface area contributed by atoms with Crippen molar-refractivity contribution in [1.82, 2.24) is 5.32 Å². The molecule has 2 N–H and O–H groups in total. The van der Waals surface area contributed by atoms with E-state index >= 15 is 0 Å². The van der Waals surface area contributed by atoms with Crippen LogP contribution in [0.25, 0.3) is 0 Å². The average molecular weight is 259 g/mol. The predicted molar refractivity (Wildman–Crippen MR) is 67.8 cm³/mol. The summed E-state index contributed by atoms with van der Waals surface area (Å²) in [5.74, 6) is -0.548. The van der Waals surface area contributed by atoms with E-state index in [4.69, 9.17) is 11.6 Å². The first-order valence-electron chi connectivity index (χ1n) is 5.48. The number of carbonyl (C=O) groups is 1. The third-order valence-corrected chi connectivity index (χ3v) is 2.36. The van der Waals surface area contributed by atoms with Crippen molar-refractivity contribution in [3.05, 3.63) is 29.0 Å². The van der Waals surface area contributed by atoms with E-state index in [9.17, 15) is 9.18 Å². The number of hydrogen-bond acceptors (Lipinski definition) is 2. The molecule has 0 radical (unpaired) electrons. The summed E-state index contributed by atoms with van der Waals surface area (Å²) in [6, 6.07) is 4.84. The molecule has 17 heavy (non-hydrogen) atoms. The maximum absolute atomic E-state index is 13.4. The highest BCUT2D eigenvalue weighted by molar-refractivity contribution is 6.31. The Bertz CT molecular complexity index is 396. The molecule has 1 rings (SSSR count). The van der Waals surface area contributed by atoms with Crippen LogP contribution >= 0.6 is 11.6 Å². The van der Waals surface area contributed by atoms with Crippen LogP contribution in [-0.2, 0) is 4.79 Å². The Morgan fingerprint density at radius 2 is 2.18 bits per heavy atom. The van der Waals surface area contributed by atoms with Crippen molar-refractivity contribution in [1.29, 1.82) is 0 Å². The van der Waals surface area contributed by atoms with Crippen LogP contribution in [0.4, 0.5) is 10.1 Å². The zero-order chi connectivity index (χ0) is 12.8. The quantitative estimate of drug-likeness (QED) is 0.853. The monoisotopic (exact) mass is 258 g/mol. The topological polar surface area (TPSA) is 41.1 Å². The van der Waals surface area contributed by atoms with Gasteiger partial charge in [-0.2, -0.15) is 0 Å². The fraction of sp³-hybridized carbons (Fsp3) is 0.417. The molecule has 3 nitrogen and oxygen atoms in total. The molecule has 0 aliphatic rings. The van der Waals surface area contributed by atoms with E-state index in [2.05, 4.69) is 10.6 Å². The Kier molecular flexibility index (Phi) is 5.22. The summed E-state index contributed by atoms with van der Waals surface area (Å²) in [6.45, 7) is 4.15. The van der Waals surface area contributed by atoms with E-state index in [1.54, 1.807) is 12.1 Å². The van der Waals surface area contributed by atoms with Crippen LogP contribution in [0.2, 0.25) is 5.02 Å². The Balaban J connectivity index is 2.41. The number of anilines is 1. The summed E-state index contributed by atoms with van der Waals surface area (Å²) in [4.78, 5) is 11.3. The zero-order valence-corrected chi connectivity index (χ0v) is 10.6. The molecule has 1 aromatic rings. The van der Waals surface area contributed by atoms with Crippen molar-refractivity contribution in [3.8, 4) is 0 Å². The molecule has 0 aliphatic heterocycles. The molecule has 0 spiro atoms. The van der Waals surface area contributed by atoms with Gasteiger partial charge < -0.3 is 10.6 Å². The molecule has 0 fully saturated rings. The Morgan fingerprint density at radius 1 is 1.47 bits per heavy atom. The van der Waals surface area contributed by atoms with Gasteiger partial charge in [-0.25, -0.2) is 4.39 Å². The van der Waals surface area contributed by atoms with Crippen LogP contribution in [0.15, 0.2) is 18.2 Å². The second-order valence-corrected chi connectivity index (χ2v) is 4.41. The Hall–Kier alpha value is -1.29. The summed E-state index contributed by atoms with van der Waals surface area (Å²) in [5.41, 5.74) is 0.315. The third kappa shape index (κ3) is 4.61. The van der Waals surface area contributed by atoms with Gasteiger partial charge in [0.1, 0.15) is 0 Å². The number of rotatable bonds is 5. The summed E-state index contributed by atoms with van der Waals surface area (Å²) in [5, 5.41) is 5.66. The SMILES string of the molecule is CC(C)NC(=O)CCNc1cccc(Cl)c1F. The molecule has 0 aliphatic carbocycles. The fourth-order valence-electron chi connectivity index (χ4n) is 1.35. The number of nitrogens with one attached hydrogen (secondary N) is 2. The first kappa shape index (κ1) is 13.8. The Labute approximate surface area is 105 Å². The van der Waals surface area contributed by atoms with Gasteiger partial charge in [0.2, 0.25) is 5.91 Å². The van der Waals surface area contributed by atoms with E-state index in [1.165, 1.54) is 6.07 Å². The zero-order valence-electron chi connectivity index (χ0n) is 9.89. The third-order valence-electron chi connectivity index (χ3n) is 2.07. The van der Waals surface area contributed by atoms with Crippen LogP contribution in [0.1, 0.15) is 20.3 Å². The standard InChI is InChI=1S/C12H16ClFN2O/c1-8(2)16-11(17)6-7-15-10-5-3-4-9(13)12(10)14/h3-5,8,15H,6-7H2,1-2H3,(H,16,17). The lowest BCUT2D eigenvalue weighted by Crippen LogP contribution is -2.31. The fourth-order valence-corrected chi connectivity index (χ4v) is 1.52. The molecule has 0 heterocycles. The number of benzene rings is 1. The molecule has 0 atom stereocenters. The second kappa shape index (κ2) is 6.45. The molecule has 94 valence electrons. The molecule has 0 aromatic heterocycles. The van der Waals surface area contributed by atoms with Crippen LogP contribution in [0.5, 0.6) is 0 Å². The van der Waals surface area contributed by atoms with E-state index in [-0.39, 0.29) is 17.0 Å². The largest absolute Gasteiger partial charge is 0.382 e. The minimum atomic E-state index is -0.488. The molecule has 0 saturated heterocycles. The van der Waals surface area contributed by atoms with Crippen LogP contribution in [0.3, 0.4) is 0 Å². The number of amides is 1. The molecule has 0 saturated carbocycles. The van der Waals surface area contributed by atoms with Crippen molar-refractivity contribution >= 4 is 23.2 Å².